The molecule has 1 atom stereocenters. The second kappa shape index (κ2) is 7.52. The molecule has 0 radical (unpaired) electrons. The Morgan fingerprint density at radius 3 is 2.08 bits per heavy atom. The Balaban J connectivity index is 0. The molecule has 0 aliphatic carbocycles. The second-order valence-corrected chi connectivity index (χ2v) is 1.52. The SMILES string of the molecule is C=CC(=O)O.CC(F)OC(N)=O. The van der Waals surface area contributed by atoms with E-state index < -0.39 is 18.4 Å². The molecule has 70 valence electrons. The fourth-order valence-electron chi connectivity index (χ4n) is 0.160. The largest absolute Gasteiger partial charge is 0.478 e. The number of amides is 1. The zero-order chi connectivity index (χ0) is 10.1. The maximum absolute atomic E-state index is 11.4. The number of hydrogen-bond acceptors (Lipinski definition) is 3. The number of alkyl halides is 1. The van der Waals surface area contributed by atoms with Crippen molar-refractivity contribution in [3.8, 4) is 0 Å². The lowest BCUT2D eigenvalue weighted by Gasteiger charge is -1.97. The Hall–Kier alpha value is -1.59. The predicted molar refractivity (Wildman–Crippen MR) is 39.1 cm³/mol. The normalized spacial score (nSPS) is 10.2. The molecule has 0 bridgehead atoms. The summed E-state index contributed by atoms with van der Waals surface area (Å²) >= 11 is 0. The van der Waals surface area contributed by atoms with Crippen LogP contribution in [0.1, 0.15) is 6.92 Å². The lowest BCUT2D eigenvalue weighted by Crippen LogP contribution is -2.16. The van der Waals surface area contributed by atoms with Crippen LogP contribution in [-0.4, -0.2) is 23.5 Å². The van der Waals surface area contributed by atoms with Crippen LogP contribution in [0.3, 0.4) is 0 Å². The number of nitrogens with two attached hydrogens (primary N) is 1. The third-order valence-electron chi connectivity index (χ3n) is 0.453. The minimum atomic E-state index is -1.60. The van der Waals surface area contributed by atoms with Crippen molar-refractivity contribution < 1.29 is 23.8 Å². The van der Waals surface area contributed by atoms with Crippen LogP contribution < -0.4 is 5.73 Å². The molecule has 3 N–H and O–H groups in total. The molecule has 0 aliphatic heterocycles. The van der Waals surface area contributed by atoms with E-state index in [1.165, 1.54) is 0 Å². The predicted octanol–water partition coefficient (Wildman–Crippen LogP) is 0.654. The second-order valence-electron chi connectivity index (χ2n) is 1.52. The first-order valence-electron chi connectivity index (χ1n) is 2.85. The number of carboxylic acid groups (broad SMARTS) is 1. The molecule has 0 aromatic carbocycles. The maximum atomic E-state index is 11.4. The average Bonchev–Trinajstić information content (AvgIpc) is 1.85. The lowest BCUT2D eigenvalue weighted by molar-refractivity contribution is -0.131. The van der Waals surface area contributed by atoms with Crippen molar-refractivity contribution in [2.24, 2.45) is 5.73 Å². The number of halogens is 1. The van der Waals surface area contributed by atoms with Crippen LogP contribution in [0.5, 0.6) is 0 Å². The molecule has 12 heavy (non-hydrogen) atoms. The van der Waals surface area contributed by atoms with Crippen molar-refractivity contribution in [2.45, 2.75) is 13.3 Å². The van der Waals surface area contributed by atoms with Gasteiger partial charge in [0.1, 0.15) is 0 Å². The molecule has 0 aliphatic rings. The third kappa shape index (κ3) is 23.7. The van der Waals surface area contributed by atoms with Crippen LogP contribution in [0.2, 0.25) is 0 Å². The zero-order valence-electron chi connectivity index (χ0n) is 6.49. The number of ether oxygens (including phenoxy) is 1. The number of carbonyl (C=O) groups excluding carboxylic acids is 1. The number of rotatable bonds is 2. The summed E-state index contributed by atoms with van der Waals surface area (Å²) in [4.78, 5) is 18.8. The molecular formula is C6H10FNO4. The first-order chi connectivity index (χ1) is 5.40. The monoisotopic (exact) mass is 179 g/mol. The summed E-state index contributed by atoms with van der Waals surface area (Å²) in [5.74, 6) is -0.981. The highest BCUT2D eigenvalue weighted by molar-refractivity contribution is 5.78. The molecule has 0 aromatic rings. The van der Waals surface area contributed by atoms with Gasteiger partial charge in [0.2, 0.25) is 6.36 Å². The molecule has 0 fully saturated rings. The number of hydrogen-bond donors (Lipinski definition) is 2. The van der Waals surface area contributed by atoms with Crippen LogP contribution in [0.25, 0.3) is 0 Å². The first kappa shape index (κ1) is 13.0. The van der Waals surface area contributed by atoms with Gasteiger partial charge in [-0.1, -0.05) is 6.58 Å². The molecule has 6 heteroatoms. The number of primary amides is 1. The van der Waals surface area contributed by atoms with Crippen molar-refractivity contribution >= 4 is 12.1 Å². The van der Waals surface area contributed by atoms with Crippen LogP contribution >= 0.6 is 0 Å². The molecule has 0 saturated heterocycles. The summed E-state index contributed by atoms with van der Waals surface area (Å²) in [6.07, 6.45) is -1.85. The van der Waals surface area contributed by atoms with Crippen molar-refractivity contribution in [3.63, 3.8) is 0 Å². The Kier molecular flexibility index (Phi) is 8.16. The minimum Gasteiger partial charge on any atom is -0.478 e. The van der Waals surface area contributed by atoms with Gasteiger partial charge in [0.05, 0.1) is 0 Å². The lowest BCUT2D eigenvalue weighted by atomic mass is 10.7. The molecule has 0 heterocycles. The molecule has 1 unspecified atom stereocenters. The van der Waals surface area contributed by atoms with Gasteiger partial charge >= 0.3 is 12.1 Å². The van der Waals surface area contributed by atoms with Gasteiger partial charge in [-0.3, -0.25) is 0 Å². The van der Waals surface area contributed by atoms with Gasteiger partial charge in [-0.2, -0.15) is 0 Å². The van der Waals surface area contributed by atoms with E-state index in [0.717, 1.165) is 13.0 Å². The van der Waals surface area contributed by atoms with Crippen LogP contribution in [0, 0.1) is 0 Å². The smallest absolute Gasteiger partial charge is 0.407 e. The number of carbonyl (C=O) groups is 2. The highest BCUT2D eigenvalue weighted by atomic mass is 19.1. The topological polar surface area (TPSA) is 89.6 Å². The summed E-state index contributed by atoms with van der Waals surface area (Å²) < 4.78 is 15.2. The van der Waals surface area contributed by atoms with Crippen molar-refractivity contribution in [1.29, 1.82) is 0 Å². The summed E-state index contributed by atoms with van der Waals surface area (Å²) in [7, 11) is 0. The van der Waals surface area contributed by atoms with E-state index in [1.54, 1.807) is 0 Å². The van der Waals surface area contributed by atoms with E-state index in [0.29, 0.717) is 0 Å². The minimum absolute atomic E-state index is 0.833. The van der Waals surface area contributed by atoms with E-state index in [-0.39, 0.29) is 0 Å². The molecule has 0 spiro atoms. The van der Waals surface area contributed by atoms with Gasteiger partial charge in [0.25, 0.3) is 0 Å². The maximum Gasteiger partial charge on any atom is 0.407 e. The number of carboxylic acids is 1. The standard InChI is InChI=1S/C3H6FNO2.C3H4O2/c1-2(4)7-3(5)6;1-2-3(4)5/h2H,1H3,(H2,5,6);2H,1H2,(H,4,5). The van der Waals surface area contributed by atoms with E-state index in [4.69, 9.17) is 5.11 Å². The Labute approximate surface area is 68.6 Å². The molecule has 0 rings (SSSR count). The zero-order valence-corrected chi connectivity index (χ0v) is 6.49. The van der Waals surface area contributed by atoms with Crippen LogP contribution in [0.15, 0.2) is 12.7 Å². The van der Waals surface area contributed by atoms with Crippen molar-refractivity contribution in [1.82, 2.24) is 0 Å². The van der Waals surface area contributed by atoms with Gasteiger partial charge in [-0.05, 0) is 0 Å². The third-order valence-corrected chi connectivity index (χ3v) is 0.453. The van der Waals surface area contributed by atoms with Crippen molar-refractivity contribution in [2.75, 3.05) is 0 Å². The fraction of sp³-hybridized carbons (Fsp3) is 0.333. The summed E-state index contributed by atoms with van der Waals surface area (Å²) in [5, 5.41) is 7.60. The summed E-state index contributed by atoms with van der Waals surface area (Å²) in [6, 6.07) is 0. The first-order valence-corrected chi connectivity index (χ1v) is 2.85. The van der Waals surface area contributed by atoms with Gasteiger partial charge < -0.3 is 15.6 Å². The highest BCUT2D eigenvalue weighted by Gasteiger charge is 1.98. The van der Waals surface area contributed by atoms with E-state index in [9.17, 15) is 14.0 Å². The molecule has 1 amide bonds. The summed E-state index contributed by atoms with van der Waals surface area (Å²) in [5.41, 5.74) is 4.39. The Bertz CT molecular complexity index is 169. The van der Waals surface area contributed by atoms with Gasteiger partial charge in [-0.15, -0.1) is 0 Å². The van der Waals surface area contributed by atoms with E-state index in [1.807, 2.05) is 0 Å². The Morgan fingerprint density at radius 1 is 1.75 bits per heavy atom. The van der Waals surface area contributed by atoms with E-state index in [2.05, 4.69) is 17.0 Å². The van der Waals surface area contributed by atoms with Gasteiger partial charge in [0.15, 0.2) is 0 Å². The quantitative estimate of drug-likeness (QED) is 0.609. The highest BCUT2D eigenvalue weighted by Crippen LogP contribution is 1.87. The molecular weight excluding hydrogens is 169 g/mol. The molecule has 0 aromatic heterocycles. The van der Waals surface area contributed by atoms with Gasteiger partial charge in [0, 0.05) is 13.0 Å². The average molecular weight is 179 g/mol. The molecule has 0 saturated carbocycles. The van der Waals surface area contributed by atoms with Crippen molar-refractivity contribution in [3.05, 3.63) is 12.7 Å². The van der Waals surface area contributed by atoms with E-state index >= 15 is 0 Å². The fourth-order valence-corrected chi connectivity index (χ4v) is 0.160. The van der Waals surface area contributed by atoms with Crippen LogP contribution in [0.4, 0.5) is 9.18 Å². The molecule has 5 nitrogen and oxygen atoms in total. The summed E-state index contributed by atoms with van der Waals surface area (Å²) in [6.45, 7) is 4.03. The van der Waals surface area contributed by atoms with Crippen LogP contribution in [-0.2, 0) is 9.53 Å². The van der Waals surface area contributed by atoms with Gasteiger partial charge in [-0.25, -0.2) is 14.0 Å². The Morgan fingerprint density at radius 2 is 2.08 bits per heavy atom. The number of aliphatic carboxylic acids is 1.